The first-order valence-electron chi connectivity index (χ1n) is 13.0. The smallest absolute Gasteiger partial charge is 0.131 e. The highest BCUT2D eigenvalue weighted by Gasteiger charge is 2.24. The number of aliphatic hydroxyl groups is 2. The Hall–Kier alpha value is -2.12. The van der Waals surface area contributed by atoms with Crippen molar-refractivity contribution in [2.24, 2.45) is 0 Å². The molecule has 0 aromatic heterocycles. The lowest BCUT2D eigenvalue weighted by atomic mass is 9.87. The third-order valence-electron chi connectivity index (χ3n) is 6.18. The Morgan fingerprint density at radius 3 is 1.80 bits per heavy atom. The molecule has 3 rings (SSSR count). The summed E-state index contributed by atoms with van der Waals surface area (Å²) in [6.07, 6.45) is 6.43. The van der Waals surface area contributed by atoms with E-state index >= 15 is 0 Å². The van der Waals surface area contributed by atoms with Crippen LogP contribution in [0.15, 0.2) is 35.9 Å². The molecule has 1 aliphatic rings. The Balaban J connectivity index is 1.80. The Kier molecular flexibility index (Phi) is 11.3. The van der Waals surface area contributed by atoms with Crippen LogP contribution in [-0.4, -0.2) is 62.1 Å². The van der Waals surface area contributed by atoms with Crippen LogP contribution in [0.3, 0.4) is 0 Å². The average molecular weight is 487 g/mol. The zero-order valence-electron chi connectivity index (χ0n) is 21.6. The van der Waals surface area contributed by atoms with Crippen molar-refractivity contribution in [2.45, 2.75) is 71.5 Å². The molecule has 2 aromatic carbocycles. The monoisotopic (exact) mass is 486 g/mol. The third-order valence-corrected chi connectivity index (χ3v) is 6.18. The number of aliphatic hydroxyl groups excluding tert-OH is 2. The van der Waals surface area contributed by atoms with Crippen molar-refractivity contribution in [3.63, 3.8) is 0 Å². The first-order valence-corrected chi connectivity index (χ1v) is 13.0. The van der Waals surface area contributed by atoms with E-state index in [1.807, 2.05) is 24.3 Å². The van der Waals surface area contributed by atoms with Gasteiger partial charge in [-0.2, -0.15) is 0 Å². The van der Waals surface area contributed by atoms with Crippen molar-refractivity contribution in [1.29, 1.82) is 0 Å². The SMILES string of the molecule is CCCCOCC(O)COc1c2c(c(OCC(O)COCCCC)c3ccccc13)CC(C)=CC2. The molecule has 35 heavy (non-hydrogen) atoms. The number of ether oxygens (including phenoxy) is 4. The van der Waals surface area contributed by atoms with Gasteiger partial charge in [0.15, 0.2) is 0 Å². The quantitative estimate of drug-likeness (QED) is 0.257. The maximum Gasteiger partial charge on any atom is 0.131 e. The van der Waals surface area contributed by atoms with Gasteiger partial charge in [-0.15, -0.1) is 0 Å². The molecule has 0 saturated carbocycles. The summed E-state index contributed by atoms with van der Waals surface area (Å²) in [7, 11) is 0. The highest BCUT2D eigenvalue weighted by Crippen LogP contribution is 2.44. The summed E-state index contributed by atoms with van der Waals surface area (Å²) < 4.78 is 23.6. The molecule has 0 bridgehead atoms. The van der Waals surface area contributed by atoms with Gasteiger partial charge in [-0.1, -0.05) is 62.6 Å². The van der Waals surface area contributed by atoms with Crippen LogP contribution in [0.25, 0.3) is 10.8 Å². The van der Waals surface area contributed by atoms with Gasteiger partial charge in [0.25, 0.3) is 0 Å². The van der Waals surface area contributed by atoms with E-state index in [9.17, 15) is 10.2 Å². The predicted molar refractivity (Wildman–Crippen MR) is 140 cm³/mol. The molecule has 2 aromatic rings. The lowest BCUT2D eigenvalue weighted by molar-refractivity contribution is 0.0108. The highest BCUT2D eigenvalue weighted by molar-refractivity contribution is 5.96. The summed E-state index contributed by atoms with van der Waals surface area (Å²) in [5, 5.41) is 22.7. The van der Waals surface area contributed by atoms with Crippen molar-refractivity contribution in [3.8, 4) is 11.5 Å². The normalized spacial score (nSPS) is 14.9. The number of benzene rings is 2. The van der Waals surface area contributed by atoms with E-state index in [-0.39, 0.29) is 26.4 Å². The summed E-state index contributed by atoms with van der Waals surface area (Å²) in [6, 6.07) is 8.02. The van der Waals surface area contributed by atoms with E-state index in [0.717, 1.165) is 71.9 Å². The lowest BCUT2D eigenvalue weighted by Crippen LogP contribution is -2.25. The topological polar surface area (TPSA) is 77.4 Å². The molecular formula is C29H42O6. The van der Waals surface area contributed by atoms with Crippen molar-refractivity contribution in [3.05, 3.63) is 47.0 Å². The largest absolute Gasteiger partial charge is 0.490 e. The minimum Gasteiger partial charge on any atom is -0.490 e. The minimum absolute atomic E-state index is 0.166. The molecule has 0 fully saturated rings. The molecule has 0 saturated heterocycles. The van der Waals surface area contributed by atoms with E-state index < -0.39 is 12.2 Å². The molecule has 1 aliphatic carbocycles. The van der Waals surface area contributed by atoms with Gasteiger partial charge >= 0.3 is 0 Å². The molecule has 0 heterocycles. The van der Waals surface area contributed by atoms with Crippen LogP contribution in [0.2, 0.25) is 0 Å². The number of rotatable bonds is 16. The van der Waals surface area contributed by atoms with Gasteiger partial charge in [0.2, 0.25) is 0 Å². The van der Waals surface area contributed by atoms with Crippen LogP contribution in [0.5, 0.6) is 11.5 Å². The van der Waals surface area contributed by atoms with Crippen LogP contribution >= 0.6 is 0 Å². The van der Waals surface area contributed by atoms with Gasteiger partial charge < -0.3 is 29.2 Å². The molecule has 6 heteroatoms. The number of hydrogen-bond donors (Lipinski definition) is 2. The summed E-state index contributed by atoms with van der Waals surface area (Å²) in [4.78, 5) is 0. The second-order valence-electron chi connectivity index (χ2n) is 9.38. The summed E-state index contributed by atoms with van der Waals surface area (Å²) in [5.41, 5.74) is 3.44. The second-order valence-corrected chi connectivity index (χ2v) is 9.38. The molecule has 0 aliphatic heterocycles. The number of unbranched alkanes of at least 4 members (excludes halogenated alkanes) is 2. The van der Waals surface area contributed by atoms with E-state index in [2.05, 4.69) is 26.8 Å². The Labute approximate surface area is 209 Å². The third kappa shape index (κ3) is 7.94. The molecule has 194 valence electrons. The summed E-state index contributed by atoms with van der Waals surface area (Å²) >= 11 is 0. The van der Waals surface area contributed by atoms with E-state index in [4.69, 9.17) is 18.9 Å². The minimum atomic E-state index is -0.694. The van der Waals surface area contributed by atoms with Gasteiger partial charge in [-0.3, -0.25) is 0 Å². The fourth-order valence-corrected chi connectivity index (χ4v) is 4.23. The fourth-order valence-electron chi connectivity index (χ4n) is 4.23. The predicted octanol–water partition coefficient (Wildman–Crippen LogP) is 5.00. The average Bonchev–Trinajstić information content (AvgIpc) is 2.86. The molecule has 0 radical (unpaired) electrons. The van der Waals surface area contributed by atoms with Crippen LogP contribution in [0.1, 0.15) is 57.6 Å². The number of fused-ring (bicyclic) bond motifs is 2. The van der Waals surface area contributed by atoms with Gasteiger partial charge in [-0.25, -0.2) is 0 Å². The first-order chi connectivity index (χ1) is 17.0. The molecule has 2 unspecified atom stereocenters. The van der Waals surface area contributed by atoms with Crippen LogP contribution < -0.4 is 9.47 Å². The zero-order valence-corrected chi connectivity index (χ0v) is 21.6. The van der Waals surface area contributed by atoms with Gasteiger partial charge in [0.1, 0.15) is 36.9 Å². The Bertz CT molecular complexity index is 954. The lowest BCUT2D eigenvalue weighted by Gasteiger charge is -2.26. The maximum atomic E-state index is 10.4. The number of hydrogen-bond acceptors (Lipinski definition) is 6. The maximum absolute atomic E-state index is 10.4. The van der Waals surface area contributed by atoms with Crippen LogP contribution in [0.4, 0.5) is 0 Å². The first kappa shape index (κ1) is 27.5. The van der Waals surface area contributed by atoms with Gasteiger partial charge in [0.05, 0.1) is 13.2 Å². The van der Waals surface area contributed by atoms with E-state index in [1.54, 1.807) is 0 Å². The molecule has 0 spiro atoms. The van der Waals surface area contributed by atoms with E-state index in [1.165, 1.54) is 5.57 Å². The van der Waals surface area contributed by atoms with Crippen molar-refractivity contribution in [1.82, 2.24) is 0 Å². The molecule has 2 N–H and O–H groups in total. The summed E-state index contributed by atoms with van der Waals surface area (Å²) in [6.45, 7) is 8.51. The second kappa shape index (κ2) is 14.4. The number of allylic oxidation sites excluding steroid dienone is 2. The van der Waals surface area contributed by atoms with E-state index in [0.29, 0.717) is 13.2 Å². The van der Waals surface area contributed by atoms with Gasteiger partial charge in [0, 0.05) is 35.1 Å². The summed E-state index contributed by atoms with van der Waals surface area (Å²) in [5.74, 6) is 1.59. The molecule has 6 nitrogen and oxygen atoms in total. The fraction of sp³-hybridized carbons (Fsp3) is 0.586. The van der Waals surface area contributed by atoms with Crippen molar-refractivity contribution >= 4 is 10.8 Å². The highest BCUT2D eigenvalue weighted by atomic mass is 16.5. The van der Waals surface area contributed by atoms with Crippen molar-refractivity contribution < 1.29 is 29.2 Å². The van der Waals surface area contributed by atoms with Crippen molar-refractivity contribution in [2.75, 3.05) is 39.6 Å². The molecule has 0 amide bonds. The Morgan fingerprint density at radius 2 is 1.29 bits per heavy atom. The van der Waals surface area contributed by atoms with Crippen LogP contribution in [-0.2, 0) is 22.3 Å². The molecule has 2 atom stereocenters. The van der Waals surface area contributed by atoms with Crippen LogP contribution in [0, 0.1) is 0 Å². The zero-order chi connectivity index (χ0) is 25.0. The molecular weight excluding hydrogens is 444 g/mol. The standard InChI is InChI=1S/C29H42O6/c1-4-6-14-32-17-22(30)19-34-28-24-10-8-9-11-25(24)29(27-16-21(3)12-13-26(27)28)35-20-23(31)18-33-15-7-5-2/h8-12,22-23,30-31H,4-7,13-20H2,1-3H3. The van der Waals surface area contributed by atoms with Gasteiger partial charge in [-0.05, 0) is 32.6 Å². The Morgan fingerprint density at radius 1 is 0.771 bits per heavy atom.